The van der Waals surface area contributed by atoms with E-state index in [2.05, 4.69) is 58.6 Å². The largest absolute Gasteiger partial charge is 0.380 e. The smallest absolute Gasteiger partial charge is 0.191 e. The normalized spacial score (nSPS) is 20.8. The molecule has 1 saturated heterocycles. The number of nitrogens with zero attached hydrogens (tertiary/aromatic N) is 2. The maximum atomic E-state index is 5.84. The van der Waals surface area contributed by atoms with Gasteiger partial charge in [-0.1, -0.05) is 24.3 Å². The molecule has 0 spiro atoms. The van der Waals surface area contributed by atoms with Gasteiger partial charge in [0.25, 0.3) is 0 Å². The van der Waals surface area contributed by atoms with Crippen molar-refractivity contribution in [3.8, 4) is 0 Å². The number of ether oxygens (including phenoxy) is 2. The minimum absolute atomic E-state index is 0. The molecule has 0 bridgehead atoms. The molecule has 7 heteroatoms. The highest BCUT2D eigenvalue weighted by Gasteiger charge is 2.22. The molecule has 0 aliphatic carbocycles. The van der Waals surface area contributed by atoms with Crippen LogP contribution in [-0.2, 0) is 22.6 Å². The van der Waals surface area contributed by atoms with E-state index in [4.69, 9.17) is 9.47 Å². The molecule has 1 aromatic rings. The number of rotatable bonds is 8. The van der Waals surface area contributed by atoms with Gasteiger partial charge in [0.2, 0.25) is 0 Å². The number of hydrogen-bond donors (Lipinski definition) is 2. The summed E-state index contributed by atoms with van der Waals surface area (Å²) < 4.78 is 11.2. The average molecular weight is 490 g/mol. The van der Waals surface area contributed by atoms with Crippen LogP contribution in [0.1, 0.15) is 31.9 Å². The maximum absolute atomic E-state index is 5.84. The molecule has 1 fully saturated rings. The van der Waals surface area contributed by atoms with Crippen LogP contribution in [0.5, 0.6) is 0 Å². The van der Waals surface area contributed by atoms with Crippen molar-refractivity contribution in [3.05, 3.63) is 35.4 Å². The van der Waals surface area contributed by atoms with Crippen LogP contribution in [0.2, 0.25) is 0 Å². The second-order valence-corrected chi connectivity index (χ2v) is 6.77. The van der Waals surface area contributed by atoms with Crippen LogP contribution >= 0.6 is 24.0 Å². The Morgan fingerprint density at radius 2 is 1.85 bits per heavy atom. The number of aliphatic imine (C=N–C) groups is 1. The van der Waals surface area contributed by atoms with Crippen molar-refractivity contribution in [1.29, 1.82) is 0 Å². The molecule has 27 heavy (non-hydrogen) atoms. The lowest BCUT2D eigenvalue weighted by Crippen LogP contribution is -2.45. The standard InChI is InChI=1S/C20H34N4O2.HI/c1-5-25-11-10-22-20(21-4)23-12-18-8-6-7-9-19(18)15-24-13-16(2)26-17(3)14-24;/h6-9,16-17H,5,10-15H2,1-4H3,(H2,21,22,23);1H. The van der Waals surface area contributed by atoms with Crippen LogP contribution in [0, 0.1) is 0 Å². The van der Waals surface area contributed by atoms with Gasteiger partial charge in [-0.3, -0.25) is 9.89 Å². The van der Waals surface area contributed by atoms with E-state index in [1.165, 1.54) is 11.1 Å². The first-order valence-electron chi connectivity index (χ1n) is 9.59. The molecule has 1 aromatic carbocycles. The van der Waals surface area contributed by atoms with Crippen LogP contribution in [-0.4, -0.2) is 63.0 Å². The first-order valence-corrected chi connectivity index (χ1v) is 9.59. The Bertz CT molecular complexity index is 561. The number of guanidine groups is 1. The van der Waals surface area contributed by atoms with E-state index >= 15 is 0 Å². The van der Waals surface area contributed by atoms with Gasteiger partial charge >= 0.3 is 0 Å². The lowest BCUT2D eigenvalue weighted by Gasteiger charge is -2.35. The Labute approximate surface area is 181 Å². The quantitative estimate of drug-likeness (QED) is 0.254. The van der Waals surface area contributed by atoms with Crippen molar-refractivity contribution < 1.29 is 9.47 Å². The molecular weight excluding hydrogens is 455 g/mol. The van der Waals surface area contributed by atoms with Crippen molar-refractivity contribution >= 4 is 29.9 Å². The van der Waals surface area contributed by atoms with E-state index in [1.807, 2.05) is 6.92 Å². The summed E-state index contributed by atoms with van der Waals surface area (Å²) in [6.45, 7) is 12.1. The SMILES string of the molecule is CCOCCNC(=NC)NCc1ccccc1CN1CC(C)OC(C)C1.I. The summed E-state index contributed by atoms with van der Waals surface area (Å²) in [5, 5.41) is 6.67. The molecule has 6 nitrogen and oxygen atoms in total. The zero-order chi connectivity index (χ0) is 18.8. The van der Waals surface area contributed by atoms with Crippen LogP contribution < -0.4 is 10.6 Å². The third kappa shape index (κ3) is 8.76. The number of hydrogen-bond acceptors (Lipinski definition) is 4. The van der Waals surface area contributed by atoms with E-state index < -0.39 is 0 Å². The Morgan fingerprint density at radius 1 is 1.19 bits per heavy atom. The van der Waals surface area contributed by atoms with Gasteiger partial charge in [-0.15, -0.1) is 24.0 Å². The molecule has 1 aliphatic heterocycles. The number of halogens is 1. The van der Waals surface area contributed by atoms with Gasteiger partial charge in [-0.05, 0) is 31.9 Å². The summed E-state index contributed by atoms with van der Waals surface area (Å²) in [5.74, 6) is 0.799. The van der Waals surface area contributed by atoms with Gasteiger partial charge in [0.15, 0.2) is 5.96 Å². The van der Waals surface area contributed by atoms with Gasteiger partial charge in [-0.25, -0.2) is 0 Å². The van der Waals surface area contributed by atoms with Crippen molar-refractivity contribution in [2.24, 2.45) is 4.99 Å². The zero-order valence-corrected chi connectivity index (χ0v) is 19.4. The Balaban J connectivity index is 0.00000364. The third-order valence-corrected chi connectivity index (χ3v) is 4.42. The molecule has 0 saturated carbocycles. The second kappa shape index (κ2) is 13.3. The van der Waals surface area contributed by atoms with Crippen molar-refractivity contribution in [1.82, 2.24) is 15.5 Å². The lowest BCUT2D eigenvalue weighted by atomic mass is 10.1. The van der Waals surface area contributed by atoms with E-state index in [0.29, 0.717) is 6.61 Å². The minimum atomic E-state index is 0. The molecule has 2 atom stereocenters. The van der Waals surface area contributed by atoms with E-state index in [9.17, 15) is 0 Å². The summed E-state index contributed by atoms with van der Waals surface area (Å²) in [6, 6.07) is 8.61. The molecule has 1 heterocycles. The summed E-state index contributed by atoms with van der Waals surface area (Å²) >= 11 is 0. The molecule has 2 N–H and O–H groups in total. The van der Waals surface area contributed by atoms with Crippen LogP contribution in [0.4, 0.5) is 0 Å². The fourth-order valence-electron chi connectivity index (χ4n) is 3.32. The molecule has 2 unspecified atom stereocenters. The topological polar surface area (TPSA) is 58.1 Å². The van der Waals surface area contributed by atoms with Gasteiger partial charge in [0.1, 0.15) is 0 Å². The number of morpholine rings is 1. The monoisotopic (exact) mass is 490 g/mol. The highest BCUT2D eigenvalue weighted by molar-refractivity contribution is 14.0. The van der Waals surface area contributed by atoms with Crippen molar-refractivity contribution in [2.45, 2.75) is 46.1 Å². The predicted octanol–water partition coefficient (Wildman–Crippen LogP) is 2.62. The Kier molecular flexibility index (Phi) is 11.9. The predicted molar refractivity (Wildman–Crippen MR) is 122 cm³/mol. The van der Waals surface area contributed by atoms with Gasteiger partial charge in [0, 0.05) is 46.4 Å². The molecule has 154 valence electrons. The molecular formula is C20H35IN4O2. The molecule has 0 aromatic heterocycles. The van der Waals surface area contributed by atoms with Crippen LogP contribution in [0.15, 0.2) is 29.3 Å². The molecule has 1 aliphatic rings. The van der Waals surface area contributed by atoms with E-state index in [-0.39, 0.29) is 36.2 Å². The summed E-state index contributed by atoms with van der Waals surface area (Å²) in [5.41, 5.74) is 2.65. The molecule has 2 rings (SSSR count). The van der Waals surface area contributed by atoms with Crippen molar-refractivity contribution in [2.75, 3.05) is 39.9 Å². The average Bonchev–Trinajstić information content (AvgIpc) is 2.61. The summed E-state index contributed by atoms with van der Waals surface area (Å²) in [6.07, 6.45) is 0.579. The second-order valence-electron chi connectivity index (χ2n) is 6.77. The highest BCUT2D eigenvalue weighted by atomic mass is 127. The molecule has 0 radical (unpaired) electrons. The summed E-state index contributed by atoms with van der Waals surface area (Å²) in [4.78, 5) is 6.76. The first kappa shape index (κ1) is 24.1. The van der Waals surface area contributed by atoms with Crippen LogP contribution in [0.25, 0.3) is 0 Å². The zero-order valence-electron chi connectivity index (χ0n) is 17.0. The van der Waals surface area contributed by atoms with Gasteiger partial charge in [-0.2, -0.15) is 0 Å². The van der Waals surface area contributed by atoms with Gasteiger partial charge in [0.05, 0.1) is 18.8 Å². The minimum Gasteiger partial charge on any atom is -0.380 e. The Morgan fingerprint density at radius 3 is 2.48 bits per heavy atom. The fourth-order valence-corrected chi connectivity index (χ4v) is 3.32. The number of nitrogens with one attached hydrogen (secondary N) is 2. The van der Waals surface area contributed by atoms with Crippen molar-refractivity contribution in [3.63, 3.8) is 0 Å². The first-order chi connectivity index (χ1) is 12.6. The van der Waals surface area contributed by atoms with Gasteiger partial charge < -0.3 is 20.1 Å². The van der Waals surface area contributed by atoms with Crippen LogP contribution in [0.3, 0.4) is 0 Å². The van der Waals surface area contributed by atoms with E-state index in [1.54, 1.807) is 7.05 Å². The Hall–Kier alpha value is -0.900. The number of benzene rings is 1. The molecule has 0 amide bonds. The van der Waals surface area contributed by atoms with E-state index in [0.717, 1.165) is 45.3 Å². The lowest BCUT2D eigenvalue weighted by molar-refractivity contribution is -0.0705. The third-order valence-electron chi connectivity index (χ3n) is 4.42. The fraction of sp³-hybridized carbons (Fsp3) is 0.650. The summed E-state index contributed by atoms with van der Waals surface area (Å²) in [7, 11) is 1.79. The highest BCUT2D eigenvalue weighted by Crippen LogP contribution is 2.17. The maximum Gasteiger partial charge on any atom is 0.191 e.